The van der Waals surface area contributed by atoms with Crippen LogP contribution >= 0.6 is 0 Å². The van der Waals surface area contributed by atoms with Gasteiger partial charge in [-0.05, 0) is 6.42 Å². The summed E-state index contributed by atoms with van der Waals surface area (Å²) in [5.41, 5.74) is 5.27. The first-order valence-electron chi connectivity index (χ1n) is 6.00. The summed E-state index contributed by atoms with van der Waals surface area (Å²) in [6.07, 6.45) is -0.532. The highest BCUT2D eigenvalue weighted by atomic mass is 16.5. The molecule has 0 saturated carbocycles. The molecule has 0 radical (unpaired) electrons. The van der Waals surface area contributed by atoms with Gasteiger partial charge in [-0.15, -0.1) is 0 Å². The lowest BCUT2D eigenvalue weighted by Crippen LogP contribution is -2.39. The fourth-order valence-electron chi connectivity index (χ4n) is 1.50. The molecule has 108 valence electrons. The number of nitrogens with two attached hydrogens (primary N) is 1. The SMILES string of the molecule is NC(CCOCCNC(=O)[C@H]1OCCC1=O)C(=O)O. The Morgan fingerprint density at radius 1 is 1.53 bits per heavy atom. The molecule has 0 aromatic carbocycles. The van der Waals surface area contributed by atoms with E-state index < -0.39 is 24.0 Å². The summed E-state index contributed by atoms with van der Waals surface area (Å²) in [6, 6.07) is -0.945. The number of carbonyl (C=O) groups excluding carboxylic acids is 2. The lowest BCUT2D eigenvalue weighted by atomic mass is 10.2. The third-order valence-electron chi connectivity index (χ3n) is 2.60. The van der Waals surface area contributed by atoms with Crippen LogP contribution in [0.4, 0.5) is 0 Å². The van der Waals surface area contributed by atoms with Crippen LogP contribution in [0, 0.1) is 0 Å². The minimum Gasteiger partial charge on any atom is -0.480 e. The molecule has 0 aromatic heterocycles. The maximum atomic E-state index is 11.5. The number of carboxylic acids is 1. The van der Waals surface area contributed by atoms with Crippen molar-refractivity contribution in [3.8, 4) is 0 Å². The van der Waals surface area contributed by atoms with Crippen LogP contribution in [-0.2, 0) is 23.9 Å². The Kier molecular flexibility index (Phi) is 6.40. The van der Waals surface area contributed by atoms with E-state index in [-0.39, 0.29) is 45.0 Å². The van der Waals surface area contributed by atoms with Gasteiger partial charge in [-0.2, -0.15) is 0 Å². The second kappa shape index (κ2) is 7.82. The van der Waals surface area contributed by atoms with E-state index in [0.29, 0.717) is 0 Å². The molecule has 0 aromatic rings. The summed E-state index contributed by atoms with van der Waals surface area (Å²) < 4.78 is 10.1. The molecule has 1 saturated heterocycles. The van der Waals surface area contributed by atoms with Gasteiger partial charge >= 0.3 is 5.97 Å². The van der Waals surface area contributed by atoms with Crippen LogP contribution < -0.4 is 11.1 Å². The van der Waals surface area contributed by atoms with Crippen LogP contribution in [0.25, 0.3) is 0 Å². The van der Waals surface area contributed by atoms with E-state index in [2.05, 4.69) is 5.32 Å². The average molecular weight is 274 g/mol. The van der Waals surface area contributed by atoms with Crippen molar-refractivity contribution in [1.29, 1.82) is 0 Å². The Morgan fingerprint density at radius 3 is 2.84 bits per heavy atom. The molecule has 4 N–H and O–H groups in total. The summed E-state index contributed by atoms with van der Waals surface area (Å²) in [6.45, 7) is 0.927. The van der Waals surface area contributed by atoms with Gasteiger partial charge in [0.1, 0.15) is 6.04 Å². The number of rotatable bonds is 8. The fourth-order valence-corrected chi connectivity index (χ4v) is 1.50. The van der Waals surface area contributed by atoms with Crippen molar-refractivity contribution in [3.63, 3.8) is 0 Å². The molecule has 2 atom stereocenters. The number of aliphatic carboxylic acids is 1. The van der Waals surface area contributed by atoms with Crippen molar-refractivity contribution in [2.75, 3.05) is 26.4 Å². The molecular weight excluding hydrogens is 256 g/mol. The van der Waals surface area contributed by atoms with E-state index in [1.807, 2.05) is 0 Å². The van der Waals surface area contributed by atoms with Crippen molar-refractivity contribution < 1.29 is 29.0 Å². The van der Waals surface area contributed by atoms with Crippen LogP contribution in [0.1, 0.15) is 12.8 Å². The molecule has 19 heavy (non-hydrogen) atoms. The maximum Gasteiger partial charge on any atom is 0.320 e. The molecule has 1 amide bonds. The number of hydrogen-bond acceptors (Lipinski definition) is 6. The zero-order valence-corrected chi connectivity index (χ0v) is 10.5. The minimum absolute atomic E-state index is 0.197. The van der Waals surface area contributed by atoms with Gasteiger partial charge in [0.15, 0.2) is 11.9 Å². The zero-order valence-electron chi connectivity index (χ0n) is 10.5. The summed E-state index contributed by atoms with van der Waals surface area (Å²) in [4.78, 5) is 33.1. The van der Waals surface area contributed by atoms with Crippen molar-refractivity contribution >= 4 is 17.7 Å². The minimum atomic E-state index is -1.08. The largest absolute Gasteiger partial charge is 0.480 e. The van der Waals surface area contributed by atoms with Crippen LogP contribution in [-0.4, -0.2) is 61.3 Å². The number of nitrogens with one attached hydrogen (secondary N) is 1. The molecule has 1 unspecified atom stereocenters. The van der Waals surface area contributed by atoms with E-state index in [1.165, 1.54) is 0 Å². The Balaban J connectivity index is 2.03. The smallest absolute Gasteiger partial charge is 0.320 e. The molecule has 0 spiro atoms. The molecule has 1 rings (SSSR count). The van der Waals surface area contributed by atoms with Gasteiger partial charge in [0.2, 0.25) is 0 Å². The van der Waals surface area contributed by atoms with Gasteiger partial charge in [-0.25, -0.2) is 0 Å². The number of carbonyl (C=O) groups is 3. The molecule has 8 heteroatoms. The molecule has 1 aliphatic heterocycles. The Hall–Kier alpha value is -1.51. The summed E-state index contributed by atoms with van der Waals surface area (Å²) in [7, 11) is 0. The zero-order chi connectivity index (χ0) is 14.3. The Bertz CT molecular complexity index is 346. The second-order valence-electron chi connectivity index (χ2n) is 4.10. The molecule has 0 bridgehead atoms. The first-order valence-corrected chi connectivity index (χ1v) is 6.00. The van der Waals surface area contributed by atoms with E-state index in [9.17, 15) is 14.4 Å². The van der Waals surface area contributed by atoms with Gasteiger partial charge in [0, 0.05) is 19.6 Å². The third-order valence-corrected chi connectivity index (χ3v) is 2.60. The van der Waals surface area contributed by atoms with Gasteiger partial charge in [-0.3, -0.25) is 14.4 Å². The molecule has 1 heterocycles. The van der Waals surface area contributed by atoms with E-state index >= 15 is 0 Å². The van der Waals surface area contributed by atoms with Gasteiger partial charge in [-0.1, -0.05) is 0 Å². The standard InChI is InChI=1S/C11H18N2O6/c12-7(11(16)17)1-4-18-6-3-13-10(15)9-8(14)2-5-19-9/h7,9H,1-6,12H2,(H,13,15)(H,16,17)/t7?,9-/m0/s1. The normalized spacial score (nSPS) is 20.3. The van der Waals surface area contributed by atoms with Gasteiger partial charge in [0.25, 0.3) is 5.91 Å². The topological polar surface area (TPSA) is 128 Å². The number of hydrogen-bond donors (Lipinski definition) is 3. The van der Waals surface area contributed by atoms with Crippen LogP contribution in [0.5, 0.6) is 0 Å². The highest BCUT2D eigenvalue weighted by molar-refractivity contribution is 6.05. The van der Waals surface area contributed by atoms with Gasteiger partial charge in [0.05, 0.1) is 13.2 Å². The van der Waals surface area contributed by atoms with Gasteiger partial charge < -0.3 is 25.6 Å². The molecule has 0 aliphatic carbocycles. The molecule has 8 nitrogen and oxygen atoms in total. The van der Waals surface area contributed by atoms with Crippen molar-refractivity contribution in [3.05, 3.63) is 0 Å². The number of amides is 1. The average Bonchev–Trinajstić information content (AvgIpc) is 2.79. The molecular formula is C11H18N2O6. The first-order chi connectivity index (χ1) is 9.02. The number of ketones is 1. The monoisotopic (exact) mass is 274 g/mol. The number of carboxylic acid groups (broad SMARTS) is 1. The van der Waals surface area contributed by atoms with Crippen LogP contribution in [0.3, 0.4) is 0 Å². The highest BCUT2D eigenvalue weighted by Gasteiger charge is 2.31. The third kappa shape index (κ3) is 5.33. The summed E-state index contributed by atoms with van der Waals surface area (Å²) in [5, 5.41) is 11.0. The van der Waals surface area contributed by atoms with E-state index in [0.717, 1.165) is 0 Å². The predicted molar refractivity (Wildman–Crippen MR) is 63.4 cm³/mol. The second-order valence-corrected chi connectivity index (χ2v) is 4.10. The number of ether oxygens (including phenoxy) is 2. The quantitative estimate of drug-likeness (QED) is 0.355. The van der Waals surface area contributed by atoms with E-state index in [1.54, 1.807) is 0 Å². The summed E-state index contributed by atoms with van der Waals surface area (Å²) in [5.74, 6) is -1.76. The molecule has 1 fully saturated rings. The van der Waals surface area contributed by atoms with Crippen molar-refractivity contribution in [2.45, 2.75) is 25.0 Å². The Morgan fingerprint density at radius 2 is 2.26 bits per heavy atom. The number of Topliss-reactive ketones (excluding diaryl/α,β-unsaturated/α-hetero) is 1. The van der Waals surface area contributed by atoms with Crippen LogP contribution in [0.15, 0.2) is 0 Å². The maximum absolute atomic E-state index is 11.5. The van der Waals surface area contributed by atoms with Crippen LogP contribution in [0.2, 0.25) is 0 Å². The Labute approximate surface area is 110 Å². The molecule has 1 aliphatic rings. The first kappa shape index (κ1) is 15.5. The van der Waals surface area contributed by atoms with Crippen molar-refractivity contribution in [1.82, 2.24) is 5.32 Å². The predicted octanol–water partition coefficient (Wildman–Crippen LogP) is -1.72. The summed E-state index contributed by atoms with van der Waals surface area (Å²) >= 11 is 0. The highest BCUT2D eigenvalue weighted by Crippen LogP contribution is 2.07. The lowest BCUT2D eigenvalue weighted by molar-refractivity contribution is -0.139. The van der Waals surface area contributed by atoms with Crippen molar-refractivity contribution in [2.24, 2.45) is 5.73 Å². The van der Waals surface area contributed by atoms with E-state index in [4.69, 9.17) is 20.3 Å². The fraction of sp³-hybridized carbons (Fsp3) is 0.727. The lowest BCUT2D eigenvalue weighted by Gasteiger charge is -2.10.